The maximum atomic E-state index is 6.01. The summed E-state index contributed by atoms with van der Waals surface area (Å²) in [6, 6.07) is 10.3. The minimum atomic E-state index is 0. The first-order valence-electron chi connectivity index (χ1n) is 4.93. The zero-order chi connectivity index (χ0) is 11.7. The average molecular weight is 296 g/mol. The standard InChI is InChI=1S/C11H7ClN5.V/c12-9-8-6-13-17-10(8)16-11(15-9)14-7-4-2-1-3-5-7;/h2-6H,(H2,13,14,15,16,17);/q-1;. The van der Waals surface area contributed by atoms with Crippen molar-refractivity contribution in [2.24, 2.45) is 0 Å². The number of nitrogens with zero attached hydrogens (tertiary/aromatic N) is 3. The smallest absolute Gasteiger partial charge is 0.228 e. The summed E-state index contributed by atoms with van der Waals surface area (Å²) in [6.07, 6.45) is 1.60. The minimum absolute atomic E-state index is 0. The third-order valence-corrected chi connectivity index (χ3v) is 2.53. The van der Waals surface area contributed by atoms with Crippen LogP contribution in [0, 0.1) is 6.07 Å². The molecule has 2 aromatic heterocycles. The van der Waals surface area contributed by atoms with Crippen LogP contribution in [-0.4, -0.2) is 20.2 Å². The number of anilines is 2. The minimum Gasteiger partial charge on any atom is -0.347 e. The number of hydrogen-bond acceptors (Lipinski definition) is 4. The number of hydrogen-bond donors (Lipinski definition) is 2. The zero-order valence-electron chi connectivity index (χ0n) is 9.05. The maximum Gasteiger partial charge on any atom is 0.228 e. The topological polar surface area (TPSA) is 66.5 Å². The van der Waals surface area contributed by atoms with Gasteiger partial charge in [0.25, 0.3) is 0 Å². The van der Waals surface area contributed by atoms with E-state index in [2.05, 4.69) is 31.5 Å². The molecule has 18 heavy (non-hydrogen) atoms. The SMILES string of the molecule is Clc1nc(Nc2cc[c-]cc2)nc2[nH]ncc12.[V]. The van der Waals surface area contributed by atoms with E-state index in [-0.39, 0.29) is 18.6 Å². The van der Waals surface area contributed by atoms with Crippen molar-refractivity contribution in [3.8, 4) is 0 Å². The Balaban J connectivity index is 0.00000120. The van der Waals surface area contributed by atoms with Crippen LogP contribution in [0.2, 0.25) is 5.15 Å². The summed E-state index contributed by atoms with van der Waals surface area (Å²) in [5.74, 6) is 0.429. The van der Waals surface area contributed by atoms with Gasteiger partial charge in [-0.05, 0) is 0 Å². The van der Waals surface area contributed by atoms with Gasteiger partial charge in [-0.25, -0.2) is 4.98 Å². The molecule has 1 aromatic carbocycles. The van der Waals surface area contributed by atoms with Crippen molar-refractivity contribution in [2.45, 2.75) is 0 Å². The molecule has 0 spiro atoms. The van der Waals surface area contributed by atoms with E-state index in [1.54, 1.807) is 18.3 Å². The first-order chi connectivity index (χ1) is 8.33. The molecular weight excluding hydrogens is 289 g/mol. The molecule has 0 unspecified atom stereocenters. The molecule has 89 valence electrons. The van der Waals surface area contributed by atoms with Gasteiger partial charge in [0.1, 0.15) is 5.15 Å². The monoisotopic (exact) mass is 295 g/mol. The maximum absolute atomic E-state index is 6.01. The van der Waals surface area contributed by atoms with Crippen molar-refractivity contribution < 1.29 is 18.6 Å². The normalized spacial score (nSPS) is 10.1. The number of H-pyrrole nitrogens is 1. The number of halogens is 1. The molecule has 0 amide bonds. The van der Waals surface area contributed by atoms with Gasteiger partial charge in [0.15, 0.2) is 5.65 Å². The van der Waals surface area contributed by atoms with E-state index in [1.165, 1.54) is 0 Å². The molecule has 0 aliphatic heterocycles. The van der Waals surface area contributed by atoms with E-state index < -0.39 is 0 Å². The quantitative estimate of drug-likeness (QED) is 0.563. The summed E-state index contributed by atoms with van der Waals surface area (Å²) >= 11 is 6.01. The van der Waals surface area contributed by atoms with Gasteiger partial charge in [0.2, 0.25) is 5.95 Å². The van der Waals surface area contributed by atoms with E-state index in [1.807, 2.05) is 12.1 Å². The number of benzene rings is 1. The molecule has 0 aliphatic rings. The van der Waals surface area contributed by atoms with Crippen LogP contribution in [-0.2, 0) is 18.6 Å². The first-order valence-corrected chi connectivity index (χ1v) is 5.30. The molecule has 0 bridgehead atoms. The van der Waals surface area contributed by atoms with Crippen LogP contribution >= 0.6 is 11.6 Å². The van der Waals surface area contributed by atoms with Gasteiger partial charge in [-0.3, -0.25) is 5.10 Å². The predicted molar refractivity (Wildman–Crippen MR) is 65.3 cm³/mol. The second-order valence-electron chi connectivity index (χ2n) is 3.38. The van der Waals surface area contributed by atoms with E-state index in [0.717, 1.165) is 5.69 Å². The Morgan fingerprint density at radius 3 is 2.78 bits per heavy atom. The zero-order valence-corrected chi connectivity index (χ0v) is 11.2. The van der Waals surface area contributed by atoms with E-state index >= 15 is 0 Å². The Morgan fingerprint density at radius 2 is 2.00 bits per heavy atom. The Hall–Kier alpha value is -1.56. The summed E-state index contributed by atoms with van der Waals surface area (Å²) in [5, 5.41) is 10.7. The van der Waals surface area contributed by atoms with Crippen molar-refractivity contribution in [3.05, 3.63) is 41.7 Å². The number of aromatic amines is 1. The molecule has 2 N–H and O–H groups in total. The molecule has 0 atom stereocenters. The molecular formula is C11H7ClN5V-. The molecule has 0 saturated carbocycles. The number of rotatable bonds is 2. The van der Waals surface area contributed by atoms with Gasteiger partial charge in [0.05, 0.1) is 11.6 Å². The van der Waals surface area contributed by atoms with Crippen LogP contribution < -0.4 is 5.32 Å². The second-order valence-corrected chi connectivity index (χ2v) is 3.74. The second kappa shape index (κ2) is 5.39. The molecule has 0 fully saturated rings. The van der Waals surface area contributed by atoms with Crippen molar-refractivity contribution in [2.75, 3.05) is 5.32 Å². The van der Waals surface area contributed by atoms with Crippen LogP contribution in [0.15, 0.2) is 30.5 Å². The third-order valence-electron chi connectivity index (χ3n) is 2.24. The molecule has 1 radical (unpaired) electrons. The molecule has 5 nitrogen and oxygen atoms in total. The van der Waals surface area contributed by atoms with Crippen molar-refractivity contribution in [1.82, 2.24) is 20.2 Å². The molecule has 0 aliphatic carbocycles. The predicted octanol–water partition coefficient (Wildman–Crippen LogP) is 2.55. The Morgan fingerprint density at radius 1 is 1.22 bits per heavy atom. The van der Waals surface area contributed by atoms with Gasteiger partial charge >= 0.3 is 0 Å². The summed E-state index contributed by atoms with van der Waals surface area (Å²) in [5.41, 5.74) is 1.48. The molecule has 0 saturated heterocycles. The van der Waals surface area contributed by atoms with Crippen LogP contribution in [0.1, 0.15) is 0 Å². The fraction of sp³-hybridized carbons (Fsp3) is 0. The number of aromatic nitrogens is 4. The largest absolute Gasteiger partial charge is 0.347 e. The van der Waals surface area contributed by atoms with Crippen LogP contribution in [0.3, 0.4) is 0 Å². The van der Waals surface area contributed by atoms with E-state index in [9.17, 15) is 0 Å². The molecule has 2 heterocycles. The van der Waals surface area contributed by atoms with Crippen molar-refractivity contribution in [1.29, 1.82) is 0 Å². The van der Waals surface area contributed by atoms with Gasteiger partial charge in [0, 0.05) is 18.6 Å². The van der Waals surface area contributed by atoms with Crippen LogP contribution in [0.5, 0.6) is 0 Å². The fourth-order valence-electron chi connectivity index (χ4n) is 1.45. The Bertz CT molecular complexity index is 655. The van der Waals surface area contributed by atoms with Gasteiger partial charge in [-0.1, -0.05) is 17.3 Å². The van der Waals surface area contributed by atoms with Crippen LogP contribution in [0.4, 0.5) is 11.6 Å². The van der Waals surface area contributed by atoms with Crippen LogP contribution in [0.25, 0.3) is 11.0 Å². The van der Waals surface area contributed by atoms with Gasteiger partial charge in [-0.2, -0.15) is 28.3 Å². The fourth-order valence-corrected chi connectivity index (χ4v) is 1.67. The Kier molecular flexibility index (Phi) is 3.86. The van der Waals surface area contributed by atoms with Gasteiger partial charge in [-0.15, -0.1) is 12.1 Å². The third kappa shape index (κ3) is 2.48. The van der Waals surface area contributed by atoms with E-state index in [0.29, 0.717) is 22.1 Å². The molecule has 7 heteroatoms. The Labute approximate surface area is 120 Å². The summed E-state index contributed by atoms with van der Waals surface area (Å²) in [4.78, 5) is 8.40. The van der Waals surface area contributed by atoms with Crippen molar-refractivity contribution >= 4 is 34.3 Å². The first kappa shape index (κ1) is 12.9. The summed E-state index contributed by atoms with van der Waals surface area (Å²) in [7, 11) is 0. The van der Waals surface area contributed by atoms with E-state index in [4.69, 9.17) is 11.6 Å². The van der Waals surface area contributed by atoms with Gasteiger partial charge < -0.3 is 5.32 Å². The molecule has 3 rings (SSSR count). The summed E-state index contributed by atoms with van der Waals surface area (Å²) in [6.45, 7) is 0. The number of fused-ring (bicyclic) bond motifs is 1. The van der Waals surface area contributed by atoms with Crippen molar-refractivity contribution in [3.63, 3.8) is 0 Å². The average Bonchev–Trinajstić information content (AvgIpc) is 2.79. The molecule has 3 aromatic rings. The number of nitrogens with one attached hydrogen (secondary N) is 2. The summed E-state index contributed by atoms with van der Waals surface area (Å²) < 4.78 is 0.